The SMILES string of the molecule is CCOc1cc(/C=c2\sc3n(c2=O)[C@@H](c2ccc(OC)cc2)C(C(=O)Nc2ccc(C)cc2C)=C(C)N=3)cc(Br)c1OC. The highest BCUT2D eigenvalue weighted by atomic mass is 79.9. The summed E-state index contributed by atoms with van der Waals surface area (Å²) < 4.78 is 19.4. The van der Waals surface area contributed by atoms with Crippen molar-refractivity contribution in [2.75, 3.05) is 26.1 Å². The number of rotatable bonds is 8. The smallest absolute Gasteiger partial charge is 0.271 e. The lowest BCUT2D eigenvalue weighted by atomic mass is 9.95. The van der Waals surface area contributed by atoms with Gasteiger partial charge in [-0.1, -0.05) is 41.2 Å². The van der Waals surface area contributed by atoms with Crippen LogP contribution in [0.2, 0.25) is 0 Å². The van der Waals surface area contributed by atoms with Crippen molar-refractivity contribution in [3.8, 4) is 17.2 Å². The normalized spacial score (nSPS) is 14.7. The maximum absolute atomic E-state index is 14.1. The predicted molar refractivity (Wildman–Crippen MR) is 173 cm³/mol. The number of benzene rings is 3. The van der Waals surface area contributed by atoms with Gasteiger partial charge in [-0.2, -0.15) is 0 Å². The summed E-state index contributed by atoms with van der Waals surface area (Å²) in [6.07, 6.45) is 1.80. The number of aromatic nitrogens is 1. The summed E-state index contributed by atoms with van der Waals surface area (Å²) in [6, 6.07) is 16.3. The summed E-state index contributed by atoms with van der Waals surface area (Å²) in [5.74, 6) is 1.50. The summed E-state index contributed by atoms with van der Waals surface area (Å²) in [5, 5.41) is 3.06. The summed E-state index contributed by atoms with van der Waals surface area (Å²) >= 11 is 4.83. The van der Waals surface area contributed by atoms with Crippen LogP contribution < -0.4 is 34.4 Å². The standard InChI is InChI=1S/C33H32BrN3O5S/c1-7-42-26-16-21(15-24(34)30(26)41-6)17-27-32(39)37-29(22-9-11-23(40-5)12-10-22)28(20(4)35-33(37)43-27)31(38)36-25-13-8-18(2)14-19(25)3/h8-17,29H,7H2,1-6H3,(H,36,38)/b27-17-/t29-/m0/s1. The number of allylic oxidation sites excluding steroid dienone is 1. The molecule has 10 heteroatoms. The Morgan fingerprint density at radius 1 is 1.07 bits per heavy atom. The van der Waals surface area contributed by atoms with E-state index >= 15 is 0 Å². The Bertz CT molecular complexity index is 1930. The monoisotopic (exact) mass is 661 g/mol. The molecule has 0 radical (unpaired) electrons. The number of hydrogen-bond donors (Lipinski definition) is 1. The lowest BCUT2D eigenvalue weighted by Gasteiger charge is -2.25. The topological polar surface area (TPSA) is 91.2 Å². The number of halogens is 1. The molecule has 0 aliphatic carbocycles. The Morgan fingerprint density at radius 2 is 1.81 bits per heavy atom. The molecule has 43 heavy (non-hydrogen) atoms. The van der Waals surface area contributed by atoms with E-state index in [-0.39, 0.29) is 11.5 Å². The second-order valence-electron chi connectivity index (χ2n) is 10.1. The quantitative estimate of drug-likeness (QED) is 0.263. The lowest BCUT2D eigenvalue weighted by Crippen LogP contribution is -2.40. The third kappa shape index (κ3) is 6.03. The van der Waals surface area contributed by atoms with E-state index < -0.39 is 6.04 Å². The van der Waals surface area contributed by atoms with Gasteiger partial charge in [-0.05, 0) is 96.7 Å². The van der Waals surface area contributed by atoms with Gasteiger partial charge in [0.05, 0.1) is 47.1 Å². The third-order valence-corrected chi connectivity index (χ3v) is 8.73. The van der Waals surface area contributed by atoms with Crippen LogP contribution in [0.3, 0.4) is 0 Å². The first-order chi connectivity index (χ1) is 20.6. The highest BCUT2D eigenvalue weighted by Crippen LogP contribution is 2.37. The molecule has 1 amide bonds. The molecule has 1 aromatic heterocycles. The molecule has 4 aromatic rings. The van der Waals surface area contributed by atoms with Crippen LogP contribution in [0.15, 0.2) is 80.1 Å². The van der Waals surface area contributed by atoms with Crippen molar-refractivity contribution >= 4 is 44.9 Å². The molecule has 0 bridgehead atoms. The van der Waals surface area contributed by atoms with E-state index in [0.29, 0.717) is 54.6 Å². The first-order valence-corrected chi connectivity index (χ1v) is 15.3. The number of fused-ring (bicyclic) bond motifs is 1. The van der Waals surface area contributed by atoms with Gasteiger partial charge in [-0.15, -0.1) is 0 Å². The maximum atomic E-state index is 14.1. The number of aryl methyl sites for hydroxylation is 2. The van der Waals surface area contributed by atoms with Crippen molar-refractivity contribution in [1.29, 1.82) is 0 Å². The van der Waals surface area contributed by atoms with Crippen LogP contribution in [-0.4, -0.2) is 31.3 Å². The Hall–Kier alpha value is -4.15. The van der Waals surface area contributed by atoms with E-state index in [4.69, 9.17) is 19.2 Å². The molecule has 1 aliphatic rings. The van der Waals surface area contributed by atoms with Crippen LogP contribution in [0, 0.1) is 13.8 Å². The fourth-order valence-electron chi connectivity index (χ4n) is 5.14. The first kappa shape index (κ1) is 30.3. The minimum atomic E-state index is -0.698. The van der Waals surface area contributed by atoms with Crippen LogP contribution in [0.4, 0.5) is 5.69 Å². The predicted octanol–water partition coefficient (Wildman–Crippen LogP) is 5.67. The Balaban J connectivity index is 1.66. The molecule has 1 aliphatic heterocycles. The summed E-state index contributed by atoms with van der Waals surface area (Å²) in [5.41, 5.74) is 4.96. The number of anilines is 1. The van der Waals surface area contributed by atoms with Crippen LogP contribution in [-0.2, 0) is 4.79 Å². The molecular weight excluding hydrogens is 630 g/mol. The van der Waals surface area contributed by atoms with Crippen molar-refractivity contribution in [2.45, 2.75) is 33.7 Å². The highest BCUT2D eigenvalue weighted by Gasteiger charge is 2.32. The van der Waals surface area contributed by atoms with E-state index in [1.54, 1.807) is 31.8 Å². The van der Waals surface area contributed by atoms with Crippen molar-refractivity contribution in [1.82, 2.24) is 4.57 Å². The molecule has 2 heterocycles. The lowest BCUT2D eigenvalue weighted by molar-refractivity contribution is -0.113. The molecule has 222 valence electrons. The fourth-order valence-corrected chi connectivity index (χ4v) is 6.81. The number of hydrogen-bond acceptors (Lipinski definition) is 7. The third-order valence-electron chi connectivity index (χ3n) is 7.16. The van der Waals surface area contributed by atoms with Crippen molar-refractivity contribution in [3.63, 3.8) is 0 Å². The summed E-state index contributed by atoms with van der Waals surface area (Å²) in [7, 11) is 3.18. The second-order valence-corrected chi connectivity index (χ2v) is 12.0. The number of nitrogens with zero attached hydrogens (tertiary/aromatic N) is 2. The number of amides is 1. The van der Waals surface area contributed by atoms with E-state index in [0.717, 1.165) is 22.3 Å². The number of nitrogens with one attached hydrogen (secondary N) is 1. The Kier molecular flexibility index (Phi) is 8.89. The number of thiazole rings is 1. The Morgan fingerprint density at radius 3 is 2.47 bits per heavy atom. The van der Waals surface area contributed by atoms with Gasteiger partial charge in [-0.3, -0.25) is 14.2 Å². The molecule has 5 rings (SSSR count). The average Bonchev–Trinajstić information content (AvgIpc) is 3.27. The summed E-state index contributed by atoms with van der Waals surface area (Å²) in [4.78, 5) is 33.3. The van der Waals surface area contributed by atoms with Crippen LogP contribution in [0.1, 0.15) is 42.1 Å². The molecule has 3 aromatic carbocycles. The zero-order valence-electron chi connectivity index (χ0n) is 24.8. The zero-order chi connectivity index (χ0) is 30.8. The van der Waals surface area contributed by atoms with Gasteiger partial charge in [0.2, 0.25) is 0 Å². The number of methoxy groups -OCH3 is 2. The van der Waals surface area contributed by atoms with Gasteiger partial charge in [-0.25, -0.2) is 4.99 Å². The molecular formula is C33H32BrN3O5S. The minimum Gasteiger partial charge on any atom is -0.497 e. The van der Waals surface area contributed by atoms with Gasteiger partial charge in [0.25, 0.3) is 11.5 Å². The molecule has 8 nitrogen and oxygen atoms in total. The van der Waals surface area contributed by atoms with Crippen molar-refractivity contribution < 1.29 is 19.0 Å². The summed E-state index contributed by atoms with van der Waals surface area (Å²) in [6.45, 7) is 8.12. The van der Waals surface area contributed by atoms with E-state index in [1.807, 2.05) is 75.4 Å². The fraction of sp³-hybridized carbons (Fsp3) is 0.242. The maximum Gasteiger partial charge on any atom is 0.271 e. The molecule has 0 saturated carbocycles. The number of carbonyl (C=O) groups excluding carboxylic acids is 1. The molecule has 1 atom stereocenters. The molecule has 0 fully saturated rings. The van der Waals surface area contributed by atoms with E-state index in [9.17, 15) is 9.59 Å². The second kappa shape index (κ2) is 12.6. The van der Waals surface area contributed by atoms with Crippen molar-refractivity contribution in [2.24, 2.45) is 4.99 Å². The Labute approximate surface area is 262 Å². The number of carbonyl (C=O) groups is 1. The highest BCUT2D eigenvalue weighted by molar-refractivity contribution is 9.10. The van der Waals surface area contributed by atoms with Crippen LogP contribution in [0.5, 0.6) is 17.2 Å². The molecule has 0 unspecified atom stereocenters. The minimum absolute atomic E-state index is 0.251. The largest absolute Gasteiger partial charge is 0.497 e. The number of ether oxygens (including phenoxy) is 3. The molecule has 0 spiro atoms. The zero-order valence-corrected chi connectivity index (χ0v) is 27.2. The molecule has 0 saturated heterocycles. The average molecular weight is 663 g/mol. The van der Waals surface area contributed by atoms with Crippen LogP contribution in [0.25, 0.3) is 6.08 Å². The van der Waals surface area contributed by atoms with Crippen LogP contribution >= 0.6 is 27.3 Å². The van der Waals surface area contributed by atoms with Gasteiger partial charge in [0.1, 0.15) is 5.75 Å². The van der Waals surface area contributed by atoms with Gasteiger partial charge in [0, 0.05) is 5.69 Å². The van der Waals surface area contributed by atoms with Crippen molar-refractivity contribution in [3.05, 3.63) is 112 Å². The first-order valence-electron chi connectivity index (χ1n) is 13.7. The van der Waals surface area contributed by atoms with E-state index in [1.165, 1.54) is 11.3 Å². The van der Waals surface area contributed by atoms with Gasteiger partial charge < -0.3 is 19.5 Å². The van der Waals surface area contributed by atoms with Gasteiger partial charge >= 0.3 is 0 Å². The van der Waals surface area contributed by atoms with E-state index in [2.05, 4.69) is 21.2 Å². The molecule has 1 N–H and O–H groups in total. The van der Waals surface area contributed by atoms with Gasteiger partial charge in [0.15, 0.2) is 16.3 Å².